The van der Waals surface area contributed by atoms with Crippen molar-refractivity contribution in [1.82, 2.24) is 29.1 Å². The van der Waals surface area contributed by atoms with E-state index in [9.17, 15) is 0 Å². The van der Waals surface area contributed by atoms with Crippen molar-refractivity contribution in [3.63, 3.8) is 0 Å². The van der Waals surface area contributed by atoms with Gasteiger partial charge in [0.2, 0.25) is 0 Å². The summed E-state index contributed by atoms with van der Waals surface area (Å²) in [4.78, 5) is 18.6. The van der Waals surface area contributed by atoms with E-state index in [4.69, 9.17) is 9.97 Å². The summed E-state index contributed by atoms with van der Waals surface area (Å²) in [5.41, 5.74) is 22.5. The van der Waals surface area contributed by atoms with E-state index in [0.29, 0.717) is 0 Å². The van der Waals surface area contributed by atoms with Crippen LogP contribution in [0.4, 0.5) is 0 Å². The Labute approximate surface area is 485 Å². The number of pyridine rings is 2. The number of nitrogens with zero attached hydrogens (tertiary/aromatic N) is 6. The molecule has 6 heteroatoms. The molecule has 0 unspecified atom stereocenters. The molecule has 0 saturated heterocycles. The first-order chi connectivity index (χ1) is 41.5. The zero-order chi connectivity index (χ0) is 55.8. The summed E-state index contributed by atoms with van der Waals surface area (Å²) in [5, 5.41) is 9.54. The van der Waals surface area contributed by atoms with Crippen molar-refractivity contribution in [3.05, 3.63) is 291 Å². The molecule has 0 radical (unpaired) electrons. The molecule has 12 aromatic carbocycles. The molecule has 0 saturated carbocycles. The topological polar surface area (TPSA) is 61.4 Å². The summed E-state index contributed by atoms with van der Waals surface area (Å²) in [6.45, 7) is 4.17. The maximum absolute atomic E-state index is 4.92. The van der Waals surface area contributed by atoms with Gasteiger partial charge in [0.15, 0.2) is 0 Å². The van der Waals surface area contributed by atoms with Crippen LogP contribution in [0.5, 0.6) is 0 Å². The van der Waals surface area contributed by atoms with Gasteiger partial charge in [-0.05, 0) is 214 Å². The quantitative estimate of drug-likeness (QED) is 0.135. The largest absolute Gasteiger partial charge is 0.297 e. The third kappa shape index (κ3) is 8.10. The number of fused-ring (bicyclic) bond motifs is 6. The van der Waals surface area contributed by atoms with Crippen LogP contribution in [0.25, 0.3) is 154 Å². The van der Waals surface area contributed by atoms with Crippen molar-refractivity contribution in [2.24, 2.45) is 0 Å². The summed E-state index contributed by atoms with van der Waals surface area (Å²) in [6, 6.07) is 93.3. The van der Waals surface area contributed by atoms with Gasteiger partial charge >= 0.3 is 0 Å². The molecule has 394 valence electrons. The lowest BCUT2D eigenvalue weighted by Crippen LogP contribution is -1.97. The van der Waals surface area contributed by atoms with Gasteiger partial charge in [0.1, 0.15) is 11.6 Å². The Bertz CT molecular complexity index is 4890. The van der Waals surface area contributed by atoms with Crippen LogP contribution in [0, 0.1) is 13.8 Å². The van der Waals surface area contributed by atoms with Crippen LogP contribution in [0.15, 0.2) is 280 Å². The van der Waals surface area contributed by atoms with E-state index in [-0.39, 0.29) is 0 Å². The van der Waals surface area contributed by atoms with Crippen LogP contribution in [-0.2, 0) is 0 Å². The lowest BCUT2D eigenvalue weighted by molar-refractivity contribution is 1.00. The first-order valence-electron chi connectivity index (χ1n) is 28.6. The molecule has 0 bridgehead atoms. The van der Waals surface area contributed by atoms with E-state index in [0.717, 1.165) is 101 Å². The average Bonchev–Trinajstić information content (AvgIpc) is 3.88. The number of aryl methyl sites for hydroxylation is 2. The molecule has 6 nitrogen and oxygen atoms in total. The summed E-state index contributed by atoms with van der Waals surface area (Å²) < 4.78 is 4.51. The SMILES string of the molecule is Cc1nc2ccccc2n1-c1ccc(-c2c3ccccc3c(-c3ccc(-c4ccncc4)cc3)c3ccc(-c4ccc5c(-c6ccc(-c7cccnc7)cc6)c6ccccc6c(-c6ccc(-n7c(C)nc8ccccc87)cc6)c5c4)cc23)cc1. The first kappa shape index (κ1) is 48.8. The van der Waals surface area contributed by atoms with Gasteiger partial charge in [-0.2, -0.15) is 0 Å². The molecule has 0 atom stereocenters. The van der Waals surface area contributed by atoms with Gasteiger partial charge in [-0.1, -0.05) is 176 Å². The fourth-order valence-corrected chi connectivity index (χ4v) is 13.2. The molecule has 4 aromatic heterocycles. The monoisotopic (exact) mass is 1070 g/mol. The van der Waals surface area contributed by atoms with Gasteiger partial charge in [0.25, 0.3) is 0 Å². The standard InChI is InChI=1S/C78H52N6/c1-49-81-71-17-7-9-19-73(71)83(49)61-35-29-56(30-36-61)77-65-15-5-3-13-63(65)75(54-25-21-51(22-26-54)53-41-44-79-45-42-53)67-39-33-58(46-69(67)77)59-34-40-68-70(47-59)78(57-31-37-62(38-32-57)84-50(2)82-72-18-8-10-20-74(72)84)66-16-6-4-14-64(66)76(68)55-27-23-52(24-28-55)60-12-11-43-80-48-60/h3-48H,1-2H3. The van der Waals surface area contributed by atoms with E-state index in [2.05, 4.69) is 282 Å². The molecule has 0 aliphatic heterocycles. The highest BCUT2D eigenvalue weighted by Gasteiger charge is 2.22. The predicted molar refractivity (Wildman–Crippen MR) is 349 cm³/mol. The highest BCUT2D eigenvalue weighted by Crippen LogP contribution is 2.48. The minimum absolute atomic E-state index is 0.955. The Morgan fingerprint density at radius 3 is 1.02 bits per heavy atom. The van der Waals surface area contributed by atoms with Crippen molar-refractivity contribution in [3.8, 4) is 89.3 Å². The minimum atomic E-state index is 0.955. The van der Waals surface area contributed by atoms with Crippen molar-refractivity contribution in [1.29, 1.82) is 0 Å². The minimum Gasteiger partial charge on any atom is -0.297 e. The highest BCUT2D eigenvalue weighted by molar-refractivity contribution is 6.24. The molecule has 16 aromatic rings. The van der Waals surface area contributed by atoms with Crippen molar-refractivity contribution >= 4 is 65.2 Å². The van der Waals surface area contributed by atoms with E-state index < -0.39 is 0 Å². The fourth-order valence-electron chi connectivity index (χ4n) is 13.2. The van der Waals surface area contributed by atoms with E-state index in [1.54, 1.807) is 0 Å². The molecular weight excluding hydrogens is 1020 g/mol. The predicted octanol–water partition coefficient (Wildman–Crippen LogP) is 20.1. The first-order valence-corrected chi connectivity index (χ1v) is 28.6. The van der Waals surface area contributed by atoms with E-state index in [1.165, 1.54) is 65.3 Å². The van der Waals surface area contributed by atoms with Gasteiger partial charge in [0.05, 0.1) is 22.1 Å². The van der Waals surface area contributed by atoms with E-state index in [1.807, 2.05) is 30.9 Å². The van der Waals surface area contributed by atoms with Gasteiger partial charge in [0, 0.05) is 36.2 Å². The van der Waals surface area contributed by atoms with Gasteiger partial charge in [-0.3, -0.25) is 19.1 Å². The highest BCUT2D eigenvalue weighted by atomic mass is 15.1. The van der Waals surface area contributed by atoms with Crippen LogP contribution in [0.1, 0.15) is 11.6 Å². The normalized spacial score (nSPS) is 11.7. The molecule has 0 amide bonds. The molecule has 4 heterocycles. The van der Waals surface area contributed by atoms with Crippen LogP contribution in [0.2, 0.25) is 0 Å². The summed E-state index contributed by atoms with van der Waals surface area (Å²) in [7, 11) is 0. The van der Waals surface area contributed by atoms with Crippen LogP contribution >= 0.6 is 0 Å². The number of benzene rings is 12. The van der Waals surface area contributed by atoms with Gasteiger partial charge in [-0.15, -0.1) is 0 Å². The van der Waals surface area contributed by atoms with Crippen molar-refractivity contribution in [2.75, 3.05) is 0 Å². The van der Waals surface area contributed by atoms with E-state index >= 15 is 0 Å². The molecule has 0 fully saturated rings. The Morgan fingerprint density at radius 1 is 0.250 bits per heavy atom. The molecule has 0 aliphatic carbocycles. The third-order valence-electron chi connectivity index (χ3n) is 17.0. The summed E-state index contributed by atoms with van der Waals surface area (Å²) in [5.74, 6) is 1.91. The molecule has 16 rings (SSSR count). The zero-order valence-corrected chi connectivity index (χ0v) is 46.2. The van der Waals surface area contributed by atoms with Crippen molar-refractivity contribution < 1.29 is 0 Å². The Hall–Kier alpha value is -11.1. The Morgan fingerprint density at radius 2 is 0.595 bits per heavy atom. The fraction of sp³-hybridized carbons (Fsp3) is 0.0256. The molecular formula is C78H52N6. The second-order valence-electron chi connectivity index (χ2n) is 21.8. The molecule has 0 aliphatic rings. The van der Waals surface area contributed by atoms with Crippen LogP contribution < -0.4 is 0 Å². The number of hydrogen-bond donors (Lipinski definition) is 0. The Balaban J connectivity index is 0.919. The number of hydrogen-bond acceptors (Lipinski definition) is 4. The summed E-state index contributed by atoms with van der Waals surface area (Å²) in [6.07, 6.45) is 7.47. The van der Waals surface area contributed by atoms with Crippen LogP contribution in [-0.4, -0.2) is 29.1 Å². The number of para-hydroxylation sites is 4. The molecule has 0 spiro atoms. The Kier molecular flexibility index (Phi) is 11.5. The maximum atomic E-state index is 4.92. The zero-order valence-electron chi connectivity index (χ0n) is 46.2. The lowest BCUT2D eigenvalue weighted by Gasteiger charge is -2.20. The number of imidazole rings is 2. The molecule has 0 N–H and O–H groups in total. The van der Waals surface area contributed by atoms with Gasteiger partial charge < -0.3 is 0 Å². The second-order valence-corrected chi connectivity index (χ2v) is 21.8. The lowest BCUT2D eigenvalue weighted by atomic mass is 9.83. The number of aromatic nitrogens is 6. The number of rotatable bonds is 9. The van der Waals surface area contributed by atoms with Gasteiger partial charge in [-0.25, -0.2) is 9.97 Å². The van der Waals surface area contributed by atoms with Crippen molar-refractivity contribution in [2.45, 2.75) is 13.8 Å². The smallest absolute Gasteiger partial charge is 0.111 e. The second kappa shape index (κ2) is 19.9. The van der Waals surface area contributed by atoms with Crippen LogP contribution in [0.3, 0.4) is 0 Å². The molecule has 84 heavy (non-hydrogen) atoms. The average molecular weight is 1070 g/mol. The summed E-state index contributed by atoms with van der Waals surface area (Å²) >= 11 is 0. The maximum Gasteiger partial charge on any atom is 0.111 e. The third-order valence-corrected chi connectivity index (χ3v) is 17.0.